The van der Waals surface area contributed by atoms with E-state index in [0.29, 0.717) is 24.3 Å². The van der Waals surface area contributed by atoms with Crippen LogP contribution in [0.5, 0.6) is 5.75 Å². The molecule has 1 saturated heterocycles. The second kappa shape index (κ2) is 9.03. The van der Waals surface area contributed by atoms with Gasteiger partial charge in [0.05, 0.1) is 17.5 Å². The van der Waals surface area contributed by atoms with Gasteiger partial charge >= 0.3 is 0 Å². The third kappa shape index (κ3) is 4.70. The number of hydrogen-bond donors (Lipinski definition) is 1. The normalized spacial score (nSPS) is 15.4. The van der Waals surface area contributed by atoms with Crippen molar-refractivity contribution in [3.05, 3.63) is 60.3 Å². The van der Waals surface area contributed by atoms with Crippen molar-refractivity contribution in [3.63, 3.8) is 0 Å². The molecule has 1 amide bonds. The van der Waals surface area contributed by atoms with Gasteiger partial charge in [0.2, 0.25) is 10.0 Å². The molecule has 1 N–H and O–H groups in total. The third-order valence-corrected chi connectivity index (χ3v) is 7.36. The van der Waals surface area contributed by atoms with E-state index in [0.717, 1.165) is 36.8 Å². The van der Waals surface area contributed by atoms with Gasteiger partial charge in [-0.2, -0.15) is 4.31 Å². The van der Waals surface area contributed by atoms with Crippen LogP contribution >= 0.6 is 0 Å². The van der Waals surface area contributed by atoms with Crippen molar-refractivity contribution in [2.24, 2.45) is 0 Å². The van der Waals surface area contributed by atoms with E-state index in [1.165, 1.54) is 12.1 Å². The number of fused-ring (bicyclic) bond motifs is 1. The number of amides is 1. The zero-order valence-corrected chi connectivity index (χ0v) is 18.2. The van der Waals surface area contributed by atoms with E-state index in [2.05, 4.69) is 10.3 Å². The van der Waals surface area contributed by atoms with Crippen LogP contribution in [0.25, 0.3) is 10.9 Å². The van der Waals surface area contributed by atoms with Crippen LogP contribution in [0.1, 0.15) is 36.2 Å². The Morgan fingerprint density at radius 2 is 1.68 bits per heavy atom. The molecule has 0 bridgehead atoms. The van der Waals surface area contributed by atoms with E-state index in [1.54, 1.807) is 41.7 Å². The van der Waals surface area contributed by atoms with Gasteiger partial charge in [0.1, 0.15) is 11.4 Å². The van der Waals surface area contributed by atoms with Crippen LogP contribution in [0.15, 0.2) is 59.5 Å². The van der Waals surface area contributed by atoms with E-state index in [-0.39, 0.29) is 16.5 Å². The Kier molecular flexibility index (Phi) is 6.20. The van der Waals surface area contributed by atoms with Gasteiger partial charge in [-0.3, -0.25) is 4.79 Å². The number of nitrogens with zero attached hydrogens (tertiary/aromatic N) is 2. The van der Waals surface area contributed by atoms with Gasteiger partial charge in [-0.05, 0) is 61.4 Å². The topological polar surface area (TPSA) is 88.6 Å². The second-order valence-electron chi connectivity index (χ2n) is 7.55. The summed E-state index contributed by atoms with van der Waals surface area (Å²) in [5.74, 6) is 0.363. The molecule has 0 atom stereocenters. The van der Waals surface area contributed by atoms with E-state index >= 15 is 0 Å². The molecule has 0 unspecified atom stereocenters. The molecule has 0 aliphatic carbocycles. The Bertz CT molecular complexity index is 1190. The first-order valence-electron chi connectivity index (χ1n) is 10.3. The fraction of sp³-hybridized carbons (Fsp3) is 0.304. The van der Waals surface area contributed by atoms with Crippen LogP contribution in [0.2, 0.25) is 0 Å². The first-order chi connectivity index (χ1) is 15.0. The smallest absolute Gasteiger partial charge is 0.274 e. The highest BCUT2D eigenvalue weighted by molar-refractivity contribution is 7.89. The zero-order chi connectivity index (χ0) is 21.8. The second-order valence-corrected chi connectivity index (χ2v) is 9.49. The maximum Gasteiger partial charge on any atom is 0.274 e. The maximum absolute atomic E-state index is 12.9. The van der Waals surface area contributed by atoms with Gasteiger partial charge in [0.25, 0.3) is 5.91 Å². The molecule has 0 saturated carbocycles. The molecule has 2 aromatic carbocycles. The minimum absolute atomic E-state index is 0.241. The summed E-state index contributed by atoms with van der Waals surface area (Å²) in [5.41, 5.74) is 1.47. The lowest BCUT2D eigenvalue weighted by atomic mass is 10.2. The largest absolute Gasteiger partial charge is 0.497 e. The lowest BCUT2D eigenvalue weighted by Crippen LogP contribution is -2.31. The van der Waals surface area contributed by atoms with Crippen molar-refractivity contribution in [2.45, 2.75) is 30.6 Å². The molecule has 3 aromatic rings. The van der Waals surface area contributed by atoms with Crippen molar-refractivity contribution < 1.29 is 17.9 Å². The Morgan fingerprint density at radius 3 is 2.35 bits per heavy atom. The van der Waals surface area contributed by atoms with Crippen molar-refractivity contribution in [1.29, 1.82) is 0 Å². The van der Waals surface area contributed by atoms with Crippen LogP contribution < -0.4 is 10.1 Å². The zero-order valence-electron chi connectivity index (χ0n) is 17.4. The highest BCUT2D eigenvalue weighted by atomic mass is 32.2. The average molecular weight is 440 g/mol. The van der Waals surface area contributed by atoms with Gasteiger partial charge in [0, 0.05) is 24.2 Å². The van der Waals surface area contributed by atoms with E-state index in [4.69, 9.17) is 4.74 Å². The minimum atomic E-state index is -3.51. The molecule has 4 rings (SSSR count). The summed E-state index contributed by atoms with van der Waals surface area (Å²) in [5, 5.41) is 3.65. The first kappa shape index (κ1) is 21.3. The fourth-order valence-corrected chi connectivity index (χ4v) is 5.21. The summed E-state index contributed by atoms with van der Waals surface area (Å²) in [4.78, 5) is 17.3. The predicted molar refractivity (Wildman–Crippen MR) is 120 cm³/mol. The lowest BCUT2D eigenvalue weighted by molar-refractivity contribution is 0.102. The number of sulfonamides is 1. The number of carbonyl (C=O) groups is 1. The molecule has 2 heterocycles. The fourth-order valence-electron chi connectivity index (χ4n) is 3.69. The third-order valence-electron chi connectivity index (χ3n) is 5.44. The molecule has 0 spiro atoms. The number of carbonyl (C=O) groups excluding carboxylic acids is 1. The number of ether oxygens (including phenoxy) is 1. The summed E-state index contributed by atoms with van der Waals surface area (Å²) in [7, 11) is -1.92. The van der Waals surface area contributed by atoms with E-state index < -0.39 is 10.0 Å². The summed E-state index contributed by atoms with van der Waals surface area (Å²) < 4.78 is 32.5. The number of rotatable bonds is 5. The number of aromatic nitrogens is 1. The molecule has 31 heavy (non-hydrogen) atoms. The van der Waals surface area contributed by atoms with Crippen molar-refractivity contribution in [1.82, 2.24) is 9.29 Å². The molecule has 1 aromatic heterocycles. The molecule has 0 radical (unpaired) electrons. The molecular formula is C23H25N3O4S. The Balaban J connectivity index is 1.48. The Labute approximate surface area is 182 Å². The van der Waals surface area contributed by atoms with E-state index in [9.17, 15) is 13.2 Å². The van der Waals surface area contributed by atoms with Crippen molar-refractivity contribution in [3.8, 4) is 5.75 Å². The first-order valence-corrected chi connectivity index (χ1v) is 11.8. The van der Waals surface area contributed by atoms with Crippen molar-refractivity contribution >= 4 is 32.5 Å². The number of hydrogen-bond acceptors (Lipinski definition) is 5. The number of anilines is 1. The van der Waals surface area contributed by atoms with Crippen LogP contribution in [0, 0.1) is 0 Å². The van der Waals surface area contributed by atoms with Crippen molar-refractivity contribution in [2.75, 3.05) is 25.5 Å². The lowest BCUT2D eigenvalue weighted by Gasteiger charge is -2.20. The van der Waals surface area contributed by atoms with Gasteiger partial charge < -0.3 is 10.1 Å². The van der Waals surface area contributed by atoms with Crippen LogP contribution in [0.3, 0.4) is 0 Å². The molecule has 162 valence electrons. The number of methoxy groups -OCH3 is 1. The van der Waals surface area contributed by atoms with Gasteiger partial charge in [-0.15, -0.1) is 0 Å². The molecular weight excluding hydrogens is 414 g/mol. The maximum atomic E-state index is 12.9. The monoisotopic (exact) mass is 439 g/mol. The Morgan fingerprint density at radius 1 is 0.968 bits per heavy atom. The molecule has 1 aliphatic rings. The predicted octanol–water partition coefficient (Wildman–Crippen LogP) is 4.06. The van der Waals surface area contributed by atoms with Crippen LogP contribution in [0.4, 0.5) is 5.69 Å². The highest BCUT2D eigenvalue weighted by Gasteiger charge is 2.25. The van der Waals surface area contributed by atoms with Gasteiger partial charge in [-0.1, -0.05) is 18.9 Å². The number of benzene rings is 2. The van der Waals surface area contributed by atoms with E-state index in [1.807, 2.05) is 12.1 Å². The minimum Gasteiger partial charge on any atom is -0.497 e. The summed E-state index contributed by atoms with van der Waals surface area (Å²) in [6.45, 7) is 1.11. The average Bonchev–Trinajstić information content (AvgIpc) is 3.09. The number of nitrogens with one attached hydrogen (secondary N) is 1. The van der Waals surface area contributed by atoms with Crippen LogP contribution in [-0.4, -0.2) is 43.8 Å². The highest BCUT2D eigenvalue weighted by Crippen LogP contribution is 2.23. The van der Waals surface area contributed by atoms with Gasteiger partial charge in [0.15, 0.2) is 0 Å². The van der Waals surface area contributed by atoms with Crippen LogP contribution in [-0.2, 0) is 10.0 Å². The summed E-state index contributed by atoms with van der Waals surface area (Å²) in [6, 6.07) is 15.2. The number of pyridine rings is 1. The quantitative estimate of drug-likeness (QED) is 0.648. The molecule has 7 nitrogen and oxygen atoms in total. The summed E-state index contributed by atoms with van der Waals surface area (Å²) in [6.07, 6.45) is 3.90. The molecule has 1 fully saturated rings. The SMILES string of the molecule is COc1ccc2nc(C(=O)Nc3ccc(S(=O)(=O)N4CCCCCC4)cc3)ccc2c1. The Hall–Kier alpha value is -2.97. The summed E-state index contributed by atoms with van der Waals surface area (Å²) >= 11 is 0. The standard InChI is InChI=1S/C23H25N3O4S/c1-30-19-9-13-21-17(16-19)6-12-22(25-21)23(27)24-18-7-10-20(11-8-18)31(28,29)26-14-4-2-3-5-15-26/h6-13,16H,2-5,14-15H2,1H3,(H,24,27). The van der Waals surface area contributed by atoms with Gasteiger partial charge in [-0.25, -0.2) is 13.4 Å². The molecule has 1 aliphatic heterocycles. The molecule has 8 heteroatoms.